The molecule has 0 bridgehead atoms. The molecule has 4 nitrogen and oxygen atoms in total. The van der Waals surface area contributed by atoms with Crippen molar-refractivity contribution in [2.75, 3.05) is 4.72 Å². The molecule has 0 aromatic heterocycles. The molecule has 0 atom stereocenters. The Morgan fingerprint density at radius 1 is 1.10 bits per heavy atom. The lowest BCUT2D eigenvalue weighted by molar-refractivity contribution is 0.281. The molecule has 6 heteroatoms. The Labute approximate surface area is 129 Å². The molecule has 2 aromatic rings. The van der Waals surface area contributed by atoms with E-state index >= 15 is 0 Å². The van der Waals surface area contributed by atoms with Gasteiger partial charge in [0.05, 0.1) is 17.2 Å². The molecule has 112 valence electrons. The van der Waals surface area contributed by atoms with Crippen LogP contribution in [0, 0.1) is 13.8 Å². The van der Waals surface area contributed by atoms with Gasteiger partial charge >= 0.3 is 0 Å². The molecule has 21 heavy (non-hydrogen) atoms. The summed E-state index contributed by atoms with van der Waals surface area (Å²) >= 11 is 6.00. The van der Waals surface area contributed by atoms with Gasteiger partial charge in [0, 0.05) is 5.02 Å². The minimum absolute atomic E-state index is 0.144. The molecular weight excluding hydrogens is 310 g/mol. The van der Waals surface area contributed by atoms with Crippen LogP contribution in [0.2, 0.25) is 5.02 Å². The van der Waals surface area contributed by atoms with Crippen molar-refractivity contribution in [3.8, 4) is 0 Å². The van der Waals surface area contributed by atoms with Gasteiger partial charge in [-0.15, -0.1) is 0 Å². The van der Waals surface area contributed by atoms with E-state index in [1.165, 1.54) is 6.07 Å². The van der Waals surface area contributed by atoms with Crippen molar-refractivity contribution < 1.29 is 13.5 Å². The zero-order valence-corrected chi connectivity index (χ0v) is 13.3. The smallest absolute Gasteiger partial charge is 0.262 e. The van der Waals surface area contributed by atoms with Crippen LogP contribution in [-0.2, 0) is 16.6 Å². The van der Waals surface area contributed by atoms with Gasteiger partial charge in [0.1, 0.15) is 0 Å². The predicted molar refractivity (Wildman–Crippen MR) is 84.1 cm³/mol. The summed E-state index contributed by atoms with van der Waals surface area (Å²) in [5.41, 5.74) is 2.43. The van der Waals surface area contributed by atoms with Gasteiger partial charge in [-0.25, -0.2) is 8.42 Å². The minimum Gasteiger partial charge on any atom is -0.392 e. The van der Waals surface area contributed by atoms with E-state index in [1.54, 1.807) is 37.3 Å². The van der Waals surface area contributed by atoms with Gasteiger partial charge in [-0.3, -0.25) is 4.72 Å². The van der Waals surface area contributed by atoms with E-state index < -0.39 is 10.0 Å². The van der Waals surface area contributed by atoms with Crippen LogP contribution in [0.5, 0.6) is 0 Å². The fourth-order valence-electron chi connectivity index (χ4n) is 1.90. The highest BCUT2D eigenvalue weighted by atomic mass is 35.5. The molecule has 0 amide bonds. The molecule has 2 aromatic carbocycles. The fraction of sp³-hybridized carbons (Fsp3) is 0.200. The Hall–Kier alpha value is -1.56. The van der Waals surface area contributed by atoms with Gasteiger partial charge in [-0.1, -0.05) is 29.8 Å². The standard InChI is InChI=1S/C15H16ClNO3S/c1-10-4-6-13(8-14(10)16)17-21(19,20)15-7-12(9-18)5-3-11(15)2/h3-8,17-18H,9H2,1-2H3. The molecular formula is C15H16ClNO3S. The molecule has 2 rings (SSSR count). The van der Waals surface area contributed by atoms with Gasteiger partial charge in [0.15, 0.2) is 0 Å². The molecule has 0 heterocycles. The zero-order valence-electron chi connectivity index (χ0n) is 11.7. The minimum atomic E-state index is -3.73. The van der Waals surface area contributed by atoms with E-state index in [0.717, 1.165) is 5.56 Å². The van der Waals surface area contributed by atoms with Crippen molar-refractivity contribution in [1.29, 1.82) is 0 Å². The van der Waals surface area contributed by atoms with Crippen LogP contribution in [-0.4, -0.2) is 13.5 Å². The summed E-state index contributed by atoms with van der Waals surface area (Å²) in [6.45, 7) is 3.34. The maximum atomic E-state index is 12.5. The van der Waals surface area contributed by atoms with E-state index in [0.29, 0.717) is 21.8 Å². The number of hydrogen-bond donors (Lipinski definition) is 2. The van der Waals surface area contributed by atoms with Gasteiger partial charge in [-0.2, -0.15) is 0 Å². The van der Waals surface area contributed by atoms with Gasteiger partial charge < -0.3 is 5.11 Å². The molecule has 0 saturated heterocycles. The number of rotatable bonds is 4. The number of halogens is 1. The first-order valence-corrected chi connectivity index (χ1v) is 8.19. The van der Waals surface area contributed by atoms with Crippen molar-refractivity contribution in [2.24, 2.45) is 0 Å². The number of aliphatic hydroxyl groups is 1. The molecule has 0 radical (unpaired) electrons. The van der Waals surface area contributed by atoms with Gasteiger partial charge in [0.2, 0.25) is 0 Å². The maximum Gasteiger partial charge on any atom is 0.262 e. The predicted octanol–water partition coefficient (Wildman–Crippen LogP) is 3.25. The topological polar surface area (TPSA) is 66.4 Å². The van der Waals surface area contributed by atoms with E-state index in [1.807, 2.05) is 6.92 Å². The Morgan fingerprint density at radius 2 is 1.76 bits per heavy atom. The third-order valence-corrected chi connectivity index (χ3v) is 5.08. The number of aryl methyl sites for hydroxylation is 2. The van der Waals surface area contributed by atoms with E-state index in [4.69, 9.17) is 16.7 Å². The summed E-state index contributed by atoms with van der Waals surface area (Å²) in [4.78, 5) is 0.144. The Morgan fingerprint density at radius 3 is 2.38 bits per heavy atom. The molecule has 2 N–H and O–H groups in total. The second-order valence-electron chi connectivity index (χ2n) is 4.83. The molecule has 0 aliphatic carbocycles. The van der Waals surface area contributed by atoms with Crippen LogP contribution in [0.25, 0.3) is 0 Å². The van der Waals surface area contributed by atoms with Crippen molar-refractivity contribution in [3.63, 3.8) is 0 Å². The average Bonchev–Trinajstić information content (AvgIpc) is 2.43. The highest BCUT2D eigenvalue weighted by molar-refractivity contribution is 7.92. The molecule has 0 aliphatic rings. The summed E-state index contributed by atoms with van der Waals surface area (Å²) in [7, 11) is -3.73. The lowest BCUT2D eigenvalue weighted by atomic mass is 10.2. The van der Waals surface area contributed by atoms with E-state index in [2.05, 4.69) is 4.72 Å². The second-order valence-corrected chi connectivity index (χ2v) is 6.89. The van der Waals surface area contributed by atoms with Crippen LogP contribution in [0.15, 0.2) is 41.3 Å². The Kier molecular flexibility index (Phi) is 4.56. The highest BCUT2D eigenvalue weighted by Crippen LogP contribution is 2.24. The summed E-state index contributed by atoms with van der Waals surface area (Å²) in [6.07, 6.45) is 0. The number of nitrogens with one attached hydrogen (secondary N) is 1. The van der Waals surface area contributed by atoms with Crippen molar-refractivity contribution in [3.05, 3.63) is 58.1 Å². The Bertz CT molecular complexity index is 772. The quantitative estimate of drug-likeness (QED) is 0.906. The van der Waals surface area contributed by atoms with Crippen LogP contribution in [0.3, 0.4) is 0 Å². The van der Waals surface area contributed by atoms with Gasteiger partial charge in [-0.05, 0) is 48.7 Å². The maximum absolute atomic E-state index is 12.5. The summed E-state index contributed by atoms with van der Waals surface area (Å²) in [6, 6.07) is 9.80. The molecule has 0 unspecified atom stereocenters. The van der Waals surface area contributed by atoms with Crippen LogP contribution < -0.4 is 4.72 Å². The number of aliphatic hydroxyl groups excluding tert-OH is 1. The fourth-order valence-corrected chi connectivity index (χ4v) is 3.43. The molecule has 0 aliphatic heterocycles. The van der Waals surface area contributed by atoms with Crippen molar-refractivity contribution in [1.82, 2.24) is 0 Å². The number of benzene rings is 2. The number of sulfonamides is 1. The zero-order chi connectivity index (χ0) is 15.6. The summed E-state index contributed by atoms with van der Waals surface area (Å²) in [5, 5.41) is 9.64. The molecule has 0 spiro atoms. The van der Waals surface area contributed by atoms with E-state index in [-0.39, 0.29) is 11.5 Å². The number of hydrogen-bond acceptors (Lipinski definition) is 3. The Balaban J connectivity index is 2.40. The summed E-state index contributed by atoms with van der Waals surface area (Å²) < 4.78 is 27.4. The summed E-state index contributed by atoms with van der Waals surface area (Å²) in [5.74, 6) is 0. The van der Waals surface area contributed by atoms with E-state index in [9.17, 15) is 8.42 Å². The van der Waals surface area contributed by atoms with Gasteiger partial charge in [0.25, 0.3) is 10.0 Å². The number of anilines is 1. The third kappa shape index (κ3) is 3.56. The first-order valence-electron chi connectivity index (χ1n) is 6.33. The first kappa shape index (κ1) is 15.8. The normalized spacial score (nSPS) is 11.4. The molecule has 0 fully saturated rings. The van der Waals surface area contributed by atoms with Crippen molar-refractivity contribution >= 4 is 27.3 Å². The van der Waals surface area contributed by atoms with Crippen LogP contribution >= 0.6 is 11.6 Å². The third-order valence-electron chi connectivity index (χ3n) is 3.15. The largest absolute Gasteiger partial charge is 0.392 e. The van der Waals surface area contributed by atoms with Crippen LogP contribution in [0.4, 0.5) is 5.69 Å². The van der Waals surface area contributed by atoms with Crippen molar-refractivity contribution in [2.45, 2.75) is 25.3 Å². The first-order chi connectivity index (χ1) is 9.83. The lowest BCUT2D eigenvalue weighted by Gasteiger charge is -2.12. The second kappa shape index (κ2) is 6.05. The lowest BCUT2D eigenvalue weighted by Crippen LogP contribution is -2.14. The molecule has 0 saturated carbocycles. The SMILES string of the molecule is Cc1ccc(NS(=O)(=O)c2cc(CO)ccc2C)cc1Cl. The highest BCUT2D eigenvalue weighted by Gasteiger charge is 2.17. The monoisotopic (exact) mass is 325 g/mol. The average molecular weight is 326 g/mol. The van der Waals surface area contributed by atoms with Crippen LogP contribution in [0.1, 0.15) is 16.7 Å².